The van der Waals surface area contributed by atoms with Crippen molar-refractivity contribution in [2.75, 3.05) is 12.4 Å². The Hall–Kier alpha value is -2.18. The SMILES string of the molecule is CNc1cnc(C(=O)NC(C(N)=O)C(C)C)cn1. The van der Waals surface area contributed by atoms with Gasteiger partial charge in [-0.1, -0.05) is 13.8 Å². The number of nitrogens with two attached hydrogens (primary N) is 1. The van der Waals surface area contributed by atoms with Crippen LogP contribution in [0.25, 0.3) is 0 Å². The van der Waals surface area contributed by atoms with Gasteiger partial charge in [-0.25, -0.2) is 9.97 Å². The van der Waals surface area contributed by atoms with Crippen LogP contribution < -0.4 is 16.4 Å². The minimum atomic E-state index is -0.719. The summed E-state index contributed by atoms with van der Waals surface area (Å²) in [6.45, 7) is 3.59. The Morgan fingerprint density at radius 3 is 2.33 bits per heavy atom. The second kappa shape index (κ2) is 5.95. The lowest BCUT2D eigenvalue weighted by atomic mass is 10.0. The van der Waals surface area contributed by atoms with Crippen LogP contribution in [0.15, 0.2) is 12.4 Å². The van der Waals surface area contributed by atoms with Crippen LogP contribution in [0.5, 0.6) is 0 Å². The number of primary amides is 1. The summed E-state index contributed by atoms with van der Waals surface area (Å²) in [6, 6.07) is -0.719. The van der Waals surface area contributed by atoms with Gasteiger partial charge >= 0.3 is 0 Å². The van der Waals surface area contributed by atoms with E-state index >= 15 is 0 Å². The average molecular weight is 251 g/mol. The smallest absolute Gasteiger partial charge is 0.272 e. The van der Waals surface area contributed by atoms with Crippen molar-refractivity contribution < 1.29 is 9.59 Å². The summed E-state index contributed by atoms with van der Waals surface area (Å²) < 4.78 is 0. The van der Waals surface area contributed by atoms with E-state index in [0.717, 1.165) is 0 Å². The summed E-state index contributed by atoms with van der Waals surface area (Å²) in [6.07, 6.45) is 2.77. The molecule has 1 unspecified atom stereocenters. The first-order valence-corrected chi connectivity index (χ1v) is 5.55. The van der Waals surface area contributed by atoms with Gasteiger partial charge in [0.05, 0.1) is 12.4 Å². The van der Waals surface area contributed by atoms with Gasteiger partial charge in [0.25, 0.3) is 5.91 Å². The molecule has 1 rings (SSSR count). The number of hydrogen-bond acceptors (Lipinski definition) is 5. The molecule has 4 N–H and O–H groups in total. The van der Waals surface area contributed by atoms with E-state index < -0.39 is 17.9 Å². The number of amides is 2. The molecular weight excluding hydrogens is 234 g/mol. The van der Waals surface area contributed by atoms with E-state index in [-0.39, 0.29) is 11.6 Å². The molecular formula is C11H17N5O2. The Bertz CT molecular complexity index is 430. The molecule has 0 aromatic carbocycles. The van der Waals surface area contributed by atoms with Crippen molar-refractivity contribution in [1.82, 2.24) is 15.3 Å². The fourth-order valence-corrected chi connectivity index (χ4v) is 1.36. The standard InChI is InChI=1S/C11H17N5O2/c1-6(2)9(10(12)17)16-11(18)7-4-15-8(13-3)5-14-7/h4-6,9H,1-3H3,(H2,12,17)(H,13,15)(H,16,18). The third kappa shape index (κ3) is 3.41. The number of carbonyl (C=O) groups is 2. The molecule has 0 aliphatic carbocycles. The van der Waals surface area contributed by atoms with Crippen LogP contribution in [-0.2, 0) is 4.79 Å². The maximum absolute atomic E-state index is 11.8. The molecule has 0 radical (unpaired) electrons. The van der Waals surface area contributed by atoms with E-state index in [1.807, 2.05) is 0 Å². The number of rotatable bonds is 5. The molecule has 1 heterocycles. The number of hydrogen-bond donors (Lipinski definition) is 3. The van der Waals surface area contributed by atoms with Crippen molar-refractivity contribution in [3.63, 3.8) is 0 Å². The third-order valence-corrected chi connectivity index (χ3v) is 2.40. The summed E-state index contributed by atoms with van der Waals surface area (Å²) in [7, 11) is 1.70. The molecule has 2 amide bonds. The molecule has 98 valence electrons. The van der Waals surface area contributed by atoms with Gasteiger partial charge in [0, 0.05) is 7.05 Å². The highest BCUT2D eigenvalue weighted by Gasteiger charge is 2.22. The summed E-state index contributed by atoms with van der Waals surface area (Å²) in [5.74, 6) is -0.571. The lowest BCUT2D eigenvalue weighted by Crippen LogP contribution is -2.47. The van der Waals surface area contributed by atoms with Gasteiger partial charge in [0.1, 0.15) is 17.6 Å². The van der Waals surface area contributed by atoms with Crippen LogP contribution in [0.2, 0.25) is 0 Å². The molecule has 0 saturated heterocycles. The highest BCUT2D eigenvalue weighted by molar-refractivity contribution is 5.95. The van der Waals surface area contributed by atoms with Gasteiger partial charge in [-0.3, -0.25) is 9.59 Å². The van der Waals surface area contributed by atoms with Crippen molar-refractivity contribution in [3.8, 4) is 0 Å². The number of nitrogens with one attached hydrogen (secondary N) is 2. The van der Waals surface area contributed by atoms with Crippen LogP contribution in [0.3, 0.4) is 0 Å². The molecule has 0 aliphatic heterocycles. The van der Waals surface area contributed by atoms with Gasteiger partial charge in [-0.2, -0.15) is 0 Å². The quantitative estimate of drug-likeness (QED) is 0.669. The van der Waals surface area contributed by atoms with Gasteiger partial charge in [0.15, 0.2) is 0 Å². The van der Waals surface area contributed by atoms with E-state index in [1.165, 1.54) is 12.4 Å². The first-order chi connectivity index (χ1) is 8.45. The average Bonchev–Trinajstić information content (AvgIpc) is 2.35. The Kier molecular flexibility index (Phi) is 4.59. The molecule has 7 nitrogen and oxygen atoms in total. The van der Waals surface area contributed by atoms with Crippen LogP contribution >= 0.6 is 0 Å². The second-order valence-corrected chi connectivity index (χ2v) is 4.13. The lowest BCUT2D eigenvalue weighted by Gasteiger charge is -2.18. The zero-order valence-electron chi connectivity index (χ0n) is 10.6. The fourth-order valence-electron chi connectivity index (χ4n) is 1.36. The second-order valence-electron chi connectivity index (χ2n) is 4.13. The van der Waals surface area contributed by atoms with Crippen molar-refractivity contribution in [3.05, 3.63) is 18.1 Å². The summed E-state index contributed by atoms with van der Waals surface area (Å²) in [4.78, 5) is 30.9. The first kappa shape index (κ1) is 13.9. The van der Waals surface area contributed by atoms with Gasteiger partial charge in [0.2, 0.25) is 5.91 Å². The minimum absolute atomic E-state index is 0.0870. The van der Waals surface area contributed by atoms with Crippen LogP contribution in [0, 0.1) is 5.92 Å². The number of anilines is 1. The molecule has 7 heteroatoms. The van der Waals surface area contributed by atoms with Crippen LogP contribution in [0.4, 0.5) is 5.82 Å². The summed E-state index contributed by atoms with van der Waals surface area (Å²) in [5.41, 5.74) is 5.35. The molecule has 0 fully saturated rings. The molecule has 0 spiro atoms. The highest BCUT2D eigenvalue weighted by atomic mass is 16.2. The van der Waals surface area contributed by atoms with Crippen molar-refractivity contribution in [2.45, 2.75) is 19.9 Å². The van der Waals surface area contributed by atoms with E-state index in [9.17, 15) is 9.59 Å². The molecule has 0 saturated carbocycles. The Morgan fingerprint density at radius 1 is 1.28 bits per heavy atom. The fraction of sp³-hybridized carbons (Fsp3) is 0.455. The zero-order valence-corrected chi connectivity index (χ0v) is 10.6. The molecule has 1 atom stereocenters. The molecule has 1 aromatic rings. The summed E-state index contributed by atoms with van der Waals surface area (Å²) in [5, 5.41) is 5.32. The first-order valence-electron chi connectivity index (χ1n) is 5.55. The molecule has 0 bridgehead atoms. The molecule has 1 aromatic heterocycles. The van der Waals surface area contributed by atoms with Crippen LogP contribution in [0.1, 0.15) is 24.3 Å². The molecule has 18 heavy (non-hydrogen) atoms. The monoisotopic (exact) mass is 251 g/mol. The van der Waals surface area contributed by atoms with E-state index in [2.05, 4.69) is 20.6 Å². The number of nitrogens with zero attached hydrogens (tertiary/aromatic N) is 2. The maximum atomic E-state index is 11.8. The van der Waals surface area contributed by atoms with E-state index in [4.69, 9.17) is 5.73 Å². The summed E-state index contributed by atoms with van der Waals surface area (Å²) >= 11 is 0. The topological polar surface area (TPSA) is 110 Å². The van der Waals surface area contributed by atoms with E-state index in [1.54, 1.807) is 20.9 Å². The third-order valence-electron chi connectivity index (χ3n) is 2.40. The van der Waals surface area contributed by atoms with Gasteiger partial charge < -0.3 is 16.4 Å². The zero-order chi connectivity index (χ0) is 13.7. The van der Waals surface area contributed by atoms with Crippen LogP contribution in [-0.4, -0.2) is 34.9 Å². The number of carbonyl (C=O) groups excluding carboxylic acids is 2. The Balaban J connectivity index is 2.77. The Morgan fingerprint density at radius 2 is 1.94 bits per heavy atom. The van der Waals surface area contributed by atoms with Crippen molar-refractivity contribution in [1.29, 1.82) is 0 Å². The predicted octanol–water partition coefficient (Wildman–Crippen LogP) is -0.242. The normalized spacial score (nSPS) is 12.0. The largest absolute Gasteiger partial charge is 0.372 e. The molecule has 0 aliphatic rings. The maximum Gasteiger partial charge on any atom is 0.272 e. The van der Waals surface area contributed by atoms with Crippen molar-refractivity contribution >= 4 is 17.6 Å². The van der Waals surface area contributed by atoms with Crippen molar-refractivity contribution in [2.24, 2.45) is 11.7 Å². The van der Waals surface area contributed by atoms with E-state index in [0.29, 0.717) is 5.82 Å². The number of aromatic nitrogens is 2. The van der Waals surface area contributed by atoms with Gasteiger partial charge in [-0.05, 0) is 5.92 Å². The van der Waals surface area contributed by atoms with Gasteiger partial charge in [-0.15, -0.1) is 0 Å². The predicted molar refractivity (Wildman–Crippen MR) is 66.9 cm³/mol. The Labute approximate surface area is 105 Å². The highest BCUT2D eigenvalue weighted by Crippen LogP contribution is 2.04. The minimum Gasteiger partial charge on any atom is -0.372 e. The lowest BCUT2D eigenvalue weighted by molar-refractivity contribution is -0.120.